The van der Waals surface area contributed by atoms with Gasteiger partial charge in [-0.15, -0.1) is 0 Å². The van der Waals surface area contributed by atoms with Gasteiger partial charge in [0.2, 0.25) is 0 Å². The van der Waals surface area contributed by atoms with E-state index in [1.807, 2.05) is 0 Å². The molecule has 4 heteroatoms. The van der Waals surface area contributed by atoms with Gasteiger partial charge >= 0.3 is 23.1 Å². The fourth-order valence-electron chi connectivity index (χ4n) is 0.477. The van der Waals surface area contributed by atoms with Gasteiger partial charge in [0.25, 0.3) is 0 Å². The molecular weight excluding hydrogens is 153 g/mol. The minimum absolute atomic E-state index is 0. The summed E-state index contributed by atoms with van der Waals surface area (Å²) in [6, 6.07) is 2.82. The molecule has 0 fully saturated rings. The molecule has 0 heterocycles. The van der Waals surface area contributed by atoms with Crippen molar-refractivity contribution in [2.24, 2.45) is 0 Å². The summed E-state index contributed by atoms with van der Waals surface area (Å²) in [5, 5.41) is 0. The Bertz CT molecular complexity index is 212. The minimum Gasteiger partial charge on any atom is -1.00 e. The van der Waals surface area contributed by atoms with Crippen molar-refractivity contribution in [2.45, 2.75) is 0 Å². The van der Waals surface area contributed by atoms with E-state index in [0.717, 1.165) is 18.2 Å². The summed E-state index contributed by atoms with van der Waals surface area (Å²) in [6.07, 6.45) is 0. The maximum Gasteiger partial charge on any atom is 2.00 e. The number of hydrogen-bond acceptors (Lipinski definition) is 0. The van der Waals surface area contributed by atoms with E-state index in [1.165, 1.54) is 0 Å². The molecule has 0 aliphatic rings. The van der Waals surface area contributed by atoms with Crippen molar-refractivity contribution in [3.8, 4) is 0 Å². The molecule has 0 aromatic heterocycles. The van der Waals surface area contributed by atoms with Crippen LogP contribution in [-0.4, -0.2) is 23.1 Å². The molecule has 0 saturated heterocycles. The molecule has 0 bridgehead atoms. The van der Waals surface area contributed by atoms with E-state index >= 15 is 0 Å². The van der Waals surface area contributed by atoms with Crippen molar-refractivity contribution in [2.75, 3.05) is 0 Å². The average Bonchev–Trinajstić information content (AvgIpc) is 1.83. The Morgan fingerprint density at radius 1 is 1.00 bits per heavy atom. The van der Waals surface area contributed by atoms with Crippen LogP contribution in [0, 0.1) is 17.5 Å². The van der Waals surface area contributed by atoms with E-state index in [-0.39, 0.29) is 25.9 Å². The Morgan fingerprint density at radius 3 is 1.70 bits per heavy atom. The Balaban J connectivity index is -0.000000270. The third kappa shape index (κ3) is 1.88. The molecule has 0 N–H and O–H groups in total. The van der Waals surface area contributed by atoms with Crippen LogP contribution >= 0.6 is 0 Å². The van der Waals surface area contributed by atoms with Crippen molar-refractivity contribution in [3.63, 3.8) is 0 Å². The molecule has 1 aromatic rings. The molecule has 0 atom stereocenters. The van der Waals surface area contributed by atoms with Gasteiger partial charge in [0, 0.05) is 0 Å². The van der Waals surface area contributed by atoms with Crippen molar-refractivity contribution in [1.82, 2.24) is 0 Å². The molecule has 0 aliphatic carbocycles. The predicted molar refractivity (Wildman–Crippen MR) is 34.3 cm³/mol. The van der Waals surface area contributed by atoms with E-state index in [4.69, 9.17) is 0 Å². The van der Waals surface area contributed by atoms with Crippen LogP contribution < -0.4 is 0 Å². The second-order valence-electron chi connectivity index (χ2n) is 1.54. The molecule has 0 nitrogen and oxygen atoms in total. The van der Waals surface area contributed by atoms with Crippen LogP contribution in [0.1, 0.15) is 2.85 Å². The molecule has 0 aliphatic heterocycles. The SMILES string of the molecule is Fc1cccc(F)c1F.[H-].[H-].[Mg+2]. The van der Waals surface area contributed by atoms with Crippen molar-refractivity contribution in [1.29, 1.82) is 0 Å². The van der Waals surface area contributed by atoms with Gasteiger partial charge in [0.1, 0.15) is 0 Å². The van der Waals surface area contributed by atoms with Gasteiger partial charge in [-0.05, 0) is 12.1 Å². The molecule has 0 saturated carbocycles. The first kappa shape index (κ1) is 9.78. The fraction of sp³-hybridized carbons (Fsp3) is 0. The number of benzene rings is 1. The van der Waals surface area contributed by atoms with Gasteiger partial charge in [0.05, 0.1) is 0 Å². The second-order valence-corrected chi connectivity index (χ2v) is 1.54. The average molecular weight is 158 g/mol. The number of hydrogen-bond donors (Lipinski definition) is 0. The largest absolute Gasteiger partial charge is 2.00 e. The standard InChI is InChI=1S/C6H3F3.Mg.2H/c7-4-2-1-3-5(8)6(4)9;;;/h1-3H;;;/q;+2;2*-1. The third-order valence-corrected chi connectivity index (χ3v) is 0.904. The normalized spacial score (nSPS) is 8.70. The summed E-state index contributed by atoms with van der Waals surface area (Å²) in [6.45, 7) is 0. The Morgan fingerprint density at radius 2 is 1.40 bits per heavy atom. The van der Waals surface area contributed by atoms with E-state index < -0.39 is 17.5 Å². The molecule has 1 rings (SSSR count). The molecule has 0 spiro atoms. The first-order valence-electron chi connectivity index (χ1n) is 2.31. The zero-order chi connectivity index (χ0) is 6.85. The van der Waals surface area contributed by atoms with Gasteiger partial charge in [-0.1, -0.05) is 6.07 Å². The summed E-state index contributed by atoms with van der Waals surface area (Å²) in [4.78, 5) is 0. The van der Waals surface area contributed by atoms with Crippen LogP contribution in [0.5, 0.6) is 0 Å². The maximum atomic E-state index is 12.0. The van der Waals surface area contributed by atoms with Crippen LogP contribution in [0.2, 0.25) is 0 Å². The Kier molecular flexibility index (Phi) is 3.74. The molecule has 1 aromatic carbocycles. The fourth-order valence-corrected chi connectivity index (χ4v) is 0.477. The van der Waals surface area contributed by atoms with Gasteiger partial charge in [-0.2, -0.15) is 0 Å². The van der Waals surface area contributed by atoms with E-state index in [0.29, 0.717) is 0 Å². The molecule has 0 unspecified atom stereocenters. The van der Waals surface area contributed by atoms with Gasteiger partial charge in [-0.25, -0.2) is 13.2 Å². The summed E-state index contributed by atoms with van der Waals surface area (Å²) >= 11 is 0. The Labute approximate surface area is 75.2 Å². The Hall–Kier alpha value is -0.224. The third-order valence-electron chi connectivity index (χ3n) is 0.904. The van der Waals surface area contributed by atoms with Crippen LogP contribution in [0.15, 0.2) is 18.2 Å². The summed E-state index contributed by atoms with van der Waals surface area (Å²) < 4.78 is 35.9. The molecule has 10 heavy (non-hydrogen) atoms. The summed E-state index contributed by atoms with van der Waals surface area (Å²) in [5.74, 6) is -3.73. The summed E-state index contributed by atoms with van der Waals surface area (Å²) in [7, 11) is 0. The van der Waals surface area contributed by atoms with Gasteiger partial charge in [0.15, 0.2) is 17.5 Å². The molecular formula is C6H5F3Mg. The van der Waals surface area contributed by atoms with Crippen LogP contribution in [-0.2, 0) is 0 Å². The van der Waals surface area contributed by atoms with Crippen molar-refractivity contribution < 1.29 is 16.0 Å². The zero-order valence-electron chi connectivity index (χ0n) is 7.07. The second kappa shape index (κ2) is 3.83. The number of rotatable bonds is 0. The number of halogens is 3. The molecule has 0 radical (unpaired) electrons. The van der Waals surface area contributed by atoms with Crippen molar-refractivity contribution in [3.05, 3.63) is 35.7 Å². The smallest absolute Gasteiger partial charge is 1.00 e. The zero-order valence-corrected chi connectivity index (χ0v) is 6.49. The van der Waals surface area contributed by atoms with E-state index in [1.54, 1.807) is 0 Å². The first-order valence-corrected chi connectivity index (χ1v) is 2.31. The molecule has 0 amide bonds. The van der Waals surface area contributed by atoms with Gasteiger partial charge < -0.3 is 2.85 Å². The maximum absolute atomic E-state index is 12.0. The van der Waals surface area contributed by atoms with E-state index in [9.17, 15) is 13.2 Å². The predicted octanol–water partition coefficient (Wildman–Crippen LogP) is 1.95. The topological polar surface area (TPSA) is 0 Å². The minimum atomic E-state index is -1.42. The quantitative estimate of drug-likeness (QED) is 0.400. The van der Waals surface area contributed by atoms with Crippen LogP contribution in [0.4, 0.5) is 13.2 Å². The monoisotopic (exact) mass is 158 g/mol. The van der Waals surface area contributed by atoms with Crippen LogP contribution in [0.25, 0.3) is 0 Å². The van der Waals surface area contributed by atoms with Crippen LogP contribution in [0.3, 0.4) is 0 Å². The van der Waals surface area contributed by atoms with Gasteiger partial charge in [-0.3, -0.25) is 0 Å². The molecule has 52 valence electrons. The van der Waals surface area contributed by atoms with E-state index in [2.05, 4.69) is 0 Å². The van der Waals surface area contributed by atoms with Crippen molar-refractivity contribution >= 4 is 23.1 Å². The summed E-state index contributed by atoms with van der Waals surface area (Å²) in [5.41, 5.74) is 0. The first-order chi connectivity index (χ1) is 4.22.